The molecule has 0 saturated carbocycles. The Kier molecular flexibility index (Phi) is 8.94. The van der Waals surface area contributed by atoms with Crippen LogP contribution in [0.4, 0.5) is 21.7 Å². The highest BCUT2D eigenvalue weighted by molar-refractivity contribution is 6.33. The van der Waals surface area contributed by atoms with Gasteiger partial charge in [0.2, 0.25) is 6.43 Å². The van der Waals surface area contributed by atoms with E-state index in [-0.39, 0.29) is 0 Å². The van der Waals surface area contributed by atoms with Crippen LogP contribution in [0.1, 0.15) is 6.92 Å². The maximum atomic E-state index is 10.3. The molecule has 8 heavy (non-hydrogen) atoms. The fourth-order valence-corrected chi connectivity index (χ4v) is 0. The number of halogens is 5. The Morgan fingerprint density at radius 1 is 1.12 bits per heavy atom. The maximum absolute atomic E-state index is 10.3. The molecule has 0 aliphatic heterocycles. The quantitative estimate of drug-likeness (QED) is 0.351. The third-order valence-electron chi connectivity index (χ3n) is 0. The van der Waals surface area contributed by atoms with Crippen LogP contribution in [0.3, 0.4) is 0 Å². The van der Waals surface area contributed by atoms with Crippen molar-refractivity contribution in [3.8, 4) is 0 Å². The molecule has 0 aromatic carbocycles. The van der Waals surface area contributed by atoms with Crippen molar-refractivity contribution in [1.29, 1.82) is 0 Å². The molecule has 0 aliphatic rings. The molecule has 0 amide bonds. The van der Waals surface area contributed by atoms with Gasteiger partial charge in [-0.3, -0.25) is 12.9 Å². The summed E-state index contributed by atoms with van der Waals surface area (Å²) in [5, 5.41) is 0. The van der Waals surface area contributed by atoms with Gasteiger partial charge in [0.1, 0.15) is 0 Å². The third kappa shape index (κ3) is 1560. The zero-order valence-electron chi connectivity index (χ0n) is 4.04. The van der Waals surface area contributed by atoms with E-state index < -0.39 is 14.0 Å². The number of hydrogen-bond acceptors (Lipinski definition) is 0. The Hall–Kier alpha value is -0.285. The molecular weight excluding hydrogens is 130 g/mol. The second-order valence-electron chi connectivity index (χ2n) is 0.766. The number of alkyl halides is 2. The Balaban J connectivity index is 0. The minimum absolute atomic E-state index is 0.833. The predicted molar refractivity (Wildman–Crippen MR) is 20.8 cm³/mol. The van der Waals surface area contributed by atoms with Crippen molar-refractivity contribution >= 4 is 7.54 Å². The summed E-state index contributed by atoms with van der Waals surface area (Å²) in [7, 11) is -3.67. The first-order chi connectivity index (χ1) is 3.46. The molecule has 0 bridgehead atoms. The minimum Gasteiger partial charge on any atom is -0.254 e. The first-order valence-electron chi connectivity index (χ1n) is 1.67. The van der Waals surface area contributed by atoms with Crippen LogP contribution in [0.2, 0.25) is 0 Å². The molecule has 0 heterocycles. The van der Waals surface area contributed by atoms with E-state index in [0.717, 1.165) is 6.92 Å². The predicted octanol–water partition coefficient (Wildman–Crippen LogP) is 2.15. The topological polar surface area (TPSA) is 0 Å². The molecule has 0 aromatic heterocycles. The van der Waals surface area contributed by atoms with Crippen LogP contribution >= 0.6 is 0 Å². The summed E-state index contributed by atoms with van der Waals surface area (Å²) in [5.41, 5.74) is 0. The summed E-state index contributed by atoms with van der Waals surface area (Å²) in [6.07, 6.45) is -2.17. The molecule has 0 rings (SSSR count). The smallest absolute Gasteiger partial charge is 0.254 e. The average molecular weight is 134 g/mol. The van der Waals surface area contributed by atoms with Crippen molar-refractivity contribution in [2.75, 3.05) is 0 Å². The standard InChI is InChI=1S/C2H4F2.BF3/c1-2(3)4;2-1(3)4/h2H,1H3;. The summed E-state index contributed by atoms with van der Waals surface area (Å²) >= 11 is 0. The maximum Gasteiger partial charge on any atom is 0.762 e. The molecule has 0 spiro atoms. The lowest BCUT2D eigenvalue weighted by Crippen LogP contribution is -1.76. The van der Waals surface area contributed by atoms with Crippen molar-refractivity contribution in [1.82, 2.24) is 0 Å². The van der Waals surface area contributed by atoms with Crippen LogP contribution in [0.15, 0.2) is 0 Å². The van der Waals surface area contributed by atoms with E-state index in [1.807, 2.05) is 0 Å². The Morgan fingerprint density at radius 2 is 1.12 bits per heavy atom. The Labute approximate surface area is 43.9 Å². The van der Waals surface area contributed by atoms with Crippen molar-refractivity contribution in [2.45, 2.75) is 13.3 Å². The van der Waals surface area contributed by atoms with Crippen LogP contribution in [-0.4, -0.2) is 14.0 Å². The monoisotopic (exact) mass is 134 g/mol. The molecule has 0 nitrogen and oxygen atoms in total. The SMILES string of the molecule is CC(F)F.FB(F)F. The molecule has 50 valence electrons. The van der Waals surface area contributed by atoms with E-state index in [4.69, 9.17) is 0 Å². The number of hydrogen-bond donors (Lipinski definition) is 0. The molecule has 0 aromatic rings. The van der Waals surface area contributed by atoms with Gasteiger partial charge < -0.3 is 0 Å². The lowest BCUT2D eigenvalue weighted by molar-refractivity contribution is 0.171. The van der Waals surface area contributed by atoms with Crippen molar-refractivity contribution in [3.05, 3.63) is 0 Å². The van der Waals surface area contributed by atoms with Crippen molar-refractivity contribution in [3.63, 3.8) is 0 Å². The molecule has 6 heteroatoms. The molecule has 0 aliphatic carbocycles. The van der Waals surface area contributed by atoms with Gasteiger partial charge in [0.05, 0.1) is 0 Å². The Morgan fingerprint density at radius 3 is 1.12 bits per heavy atom. The fourth-order valence-electron chi connectivity index (χ4n) is 0. The average Bonchev–Trinajstić information content (AvgIpc) is 1.25. The van der Waals surface area contributed by atoms with Gasteiger partial charge in [0.15, 0.2) is 0 Å². The Bertz CT molecular complexity index is 25.9. The summed E-state index contributed by atoms with van der Waals surface area (Å²) in [6.45, 7) is 0.833. The second-order valence-corrected chi connectivity index (χ2v) is 0.766. The van der Waals surface area contributed by atoms with Gasteiger partial charge >= 0.3 is 7.54 Å². The van der Waals surface area contributed by atoms with E-state index in [2.05, 4.69) is 0 Å². The highest BCUT2D eigenvalue weighted by atomic mass is 19.4. The van der Waals surface area contributed by atoms with Gasteiger partial charge in [-0.2, -0.15) is 0 Å². The van der Waals surface area contributed by atoms with E-state index in [0.29, 0.717) is 0 Å². The normalized spacial score (nSPS) is 7.88. The highest BCUT2D eigenvalue weighted by Crippen LogP contribution is 1.82. The lowest BCUT2D eigenvalue weighted by Gasteiger charge is -1.70. The molecule has 0 fully saturated rings. The minimum atomic E-state index is -3.67. The molecule has 0 N–H and O–H groups in total. The zero-order chi connectivity index (χ0) is 7.15. The van der Waals surface area contributed by atoms with Gasteiger partial charge in [-0.1, -0.05) is 0 Å². The number of rotatable bonds is 0. The van der Waals surface area contributed by atoms with E-state index in [1.54, 1.807) is 0 Å². The van der Waals surface area contributed by atoms with Crippen LogP contribution in [-0.2, 0) is 0 Å². The van der Waals surface area contributed by atoms with Crippen LogP contribution in [0.25, 0.3) is 0 Å². The second kappa shape index (κ2) is 6.71. The van der Waals surface area contributed by atoms with Crippen LogP contribution in [0.5, 0.6) is 0 Å². The third-order valence-corrected chi connectivity index (χ3v) is 0. The van der Waals surface area contributed by atoms with Gasteiger partial charge in [-0.25, -0.2) is 8.78 Å². The largest absolute Gasteiger partial charge is 0.762 e. The lowest BCUT2D eigenvalue weighted by atomic mass is 10.5. The zero-order valence-corrected chi connectivity index (χ0v) is 4.04. The van der Waals surface area contributed by atoms with Crippen molar-refractivity contribution in [2.24, 2.45) is 0 Å². The first-order valence-corrected chi connectivity index (χ1v) is 1.67. The summed E-state index contributed by atoms with van der Waals surface area (Å²) in [6, 6.07) is 0. The highest BCUT2D eigenvalue weighted by Gasteiger charge is 2.06. The van der Waals surface area contributed by atoms with Gasteiger partial charge in [-0.05, 0) is 6.92 Å². The summed E-state index contributed by atoms with van der Waals surface area (Å²) in [5.74, 6) is 0. The summed E-state index contributed by atoms with van der Waals surface area (Å²) < 4.78 is 49.7. The van der Waals surface area contributed by atoms with E-state index >= 15 is 0 Å². The van der Waals surface area contributed by atoms with Crippen molar-refractivity contribution < 1.29 is 21.7 Å². The summed E-state index contributed by atoms with van der Waals surface area (Å²) in [4.78, 5) is 0. The molecule has 0 unspecified atom stereocenters. The molecule has 0 saturated heterocycles. The fraction of sp³-hybridized carbons (Fsp3) is 1.00. The van der Waals surface area contributed by atoms with Gasteiger partial charge in [-0.15, -0.1) is 0 Å². The van der Waals surface area contributed by atoms with Gasteiger partial charge in [0.25, 0.3) is 0 Å². The van der Waals surface area contributed by atoms with E-state index in [1.165, 1.54) is 0 Å². The van der Waals surface area contributed by atoms with Crippen LogP contribution < -0.4 is 0 Å². The van der Waals surface area contributed by atoms with E-state index in [9.17, 15) is 21.7 Å². The van der Waals surface area contributed by atoms with Crippen LogP contribution in [0, 0.1) is 0 Å². The first kappa shape index (κ1) is 10.7. The molecule has 0 atom stereocenters. The van der Waals surface area contributed by atoms with Gasteiger partial charge in [0, 0.05) is 0 Å². The molecule has 0 radical (unpaired) electrons. The molecular formula is C2H4BF5.